The molecule has 0 bridgehead atoms. The Labute approximate surface area is 799 Å². The number of benzene rings is 4. The Kier molecular flexibility index (Phi) is 44.6. The van der Waals surface area contributed by atoms with Crippen molar-refractivity contribution in [2.24, 2.45) is 40.7 Å². The van der Waals surface area contributed by atoms with Gasteiger partial charge < -0.3 is 128 Å². The third-order valence-electron chi connectivity index (χ3n) is 23.1. The van der Waals surface area contributed by atoms with Gasteiger partial charge in [-0.15, -0.1) is 11.8 Å². The molecule has 2 fully saturated rings. The molecule has 137 heavy (non-hydrogen) atoms. The number of carboxylic acids is 1. The molecule has 1 aliphatic heterocycles. The zero-order valence-electron chi connectivity index (χ0n) is 78.9. The Balaban J connectivity index is 1.50. The van der Waals surface area contributed by atoms with Crippen LogP contribution >= 0.6 is 11.8 Å². The number of phenolic OH excluding ortho intramolecular Hbond substituents is 1. The molecular formula is C93H134N20O23S. The molecule has 4 aromatic carbocycles. The van der Waals surface area contributed by atoms with Crippen molar-refractivity contribution in [3.8, 4) is 16.9 Å². The Bertz CT molecular complexity index is 4880. The zero-order chi connectivity index (χ0) is 102. The lowest BCUT2D eigenvalue weighted by molar-refractivity contribution is -0.143. The number of urea groups is 1. The summed E-state index contributed by atoms with van der Waals surface area (Å²) >= 11 is 0.606. The lowest BCUT2D eigenvalue weighted by atomic mass is 9.84. The number of likely N-dealkylation sites (N-methyl/N-ethyl adjacent to an activating group) is 1. The van der Waals surface area contributed by atoms with E-state index in [1.54, 1.807) is 69.3 Å². The number of nitrogens with zero attached hydrogens (tertiary/aromatic N) is 1. The normalized spacial score (nSPS) is 24.2. The molecule has 19 amide bonds. The number of carboxylic acid groups (broad SMARTS) is 1. The average Bonchev–Trinajstić information content (AvgIpc) is 0.815. The molecule has 0 unspecified atom stereocenters. The van der Waals surface area contributed by atoms with Crippen LogP contribution in [0.25, 0.3) is 11.1 Å². The summed E-state index contributed by atoms with van der Waals surface area (Å²) in [7, 11) is 1.22. The van der Waals surface area contributed by atoms with Crippen LogP contribution in [-0.2, 0) is 106 Å². The number of rotatable bonds is 27. The molecule has 2 aliphatic rings. The van der Waals surface area contributed by atoms with Crippen molar-refractivity contribution in [1.29, 1.82) is 0 Å². The smallest absolute Gasteiger partial charge is 0.312 e. The first-order valence-corrected chi connectivity index (χ1v) is 46.7. The molecule has 27 N–H and O–H groups in total. The fourth-order valence-electron chi connectivity index (χ4n) is 15.3. The number of nitrogens with two attached hydrogens (primary N) is 4. The summed E-state index contributed by atoms with van der Waals surface area (Å²) < 4.78 is 0. The van der Waals surface area contributed by atoms with E-state index in [9.17, 15) is 92.3 Å². The van der Waals surface area contributed by atoms with Gasteiger partial charge in [0.15, 0.2) is 0 Å². The van der Waals surface area contributed by atoms with Crippen molar-refractivity contribution in [2.45, 2.75) is 268 Å². The van der Waals surface area contributed by atoms with Crippen LogP contribution in [-0.4, -0.2) is 272 Å². The maximum absolute atomic E-state index is 15.4. The van der Waals surface area contributed by atoms with E-state index in [1.165, 1.54) is 59.0 Å². The number of aliphatic carboxylic acids is 1. The number of amides is 19. The highest BCUT2D eigenvalue weighted by atomic mass is 32.2. The van der Waals surface area contributed by atoms with Gasteiger partial charge in [-0.3, -0.25) is 86.3 Å². The van der Waals surface area contributed by atoms with Crippen LogP contribution < -0.4 is 103 Å². The van der Waals surface area contributed by atoms with E-state index >= 15 is 19.2 Å². The van der Waals surface area contributed by atoms with Crippen molar-refractivity contribution < 1.29 is 112 Å². The van der Waals surface area contributed by atoms with Gasteiger partial charge in [-0.1, -0.05) is 156 Å². The highest BCUT2D eigenvalue weighted by Crippen LogP contribution is 2.29. The van der Waals surface area contributed by atoms with E-state index in [0.29, 0.717) is 41.3 Å². The molecule has 1 saturated carbocycles. The van der Waals surface area contributed by atoms with Gasteiger partial charge in [-0.2, -0.15) is 0 Å². The molecule has 44 heteroatoms. The summed E-state index contributed by atoms with van der Waals surface area (Å²) in [6.07, 6.45) is -2.32. The number of thioether (sulfide) groups is 1. The topological polar surface area (TPSA) is 693 Å². The molecule has 6 rings (SSSR count). The lowest BCUT2D eigenvalue weighted by Gasteiger charge is -2.33. The number of carbonyl (C=O) groups is 19. The summed E-state index contributed by atoms with van der Waals surface area (Å²) in [6, 6.07) is 0.628. The number of phenols is 1. The molecule has 43 nitrogen and oxygen atoms in total. The number of carbonyl (C=O) groups excluding carboxylic acids is 18. The Hall–Kier alpha value is -13.4. The summed E-state index contributed by atoms with van der Waals surface area (Å²) in [5.74, 6) is -23.4. The number of hydrogen-bond acceptors (Lipinski definition) is 24. The van der Waals surface area contributed by atoms with Crippen LogP contribution in [0.15, 0.2) is 103 Å². The van der Waals surface area contributed by atoms with Gasteiger partial charge in [0.25, 0.3) is 0 Å². The monoisotopic (exact) mass is 1930 g/mol. The van der Waals surface area contributed by atoms with Crippen molar-refractivity contribution >= 4 is 124 Å². The van der Waals surface area contributed by atoms with Gasteiger partial charge in [-0.25, -0.2) is 4.79 Å². The van der Waals surface area contributed by atoms with Crippen LogP contribution in [0.5, 0.6) is 5.75 Å². The SMILES string of the molecule is Cc1cccc(C[C@@H]2NC(=O)[C@H](CC(=O)O)NC(=O)[C@H](Cc3ccc(O)cc3)NC(=O)[C@H](CC(N)=O)NC(=O)CSC[C@@H](C(=O)N[C@H](C)C(N)=O)NC(=O)[C@H]([C@@H](C)O)NC(=O)[C@H](C(C)C)NC(=O)[C@H](CC3CCCCC3)NC(=O)[C@H](CCN)NC(=O)[C@@H](CC(C)C)NC(=O)[C@H](C)N(C)C(=O)[C@H](CCCNC(N)=O)NC(=O)[C@H](Cc3ccc(-c4ccccc4)cc3)NC(=O)[C@H](C(C)(C)O)NC2=O)c1. The number of nitrogens with one attached hydrogen (secondary N) is 15. The van der Waals surface area contributed by atoms with Gasteiger partial charge in [0.05, 0.1) is 30.3 Å². The maximum atomic E-state index is 15.4. The third-order valence-corrected chi connectivity index (χ3v) is 24.1. The van der Waals surface area contributed by atoms with E-state index in [2.05, 4.69) is 79.8 Å². The highest BCUT2D eigenvalue weighted by Gasteiger charge is 2.44. The molecule has 0 spiro atoms. The second kappa shape index (κ2) is 54.4. The lowest BCUT2D eigenvalue weighted by Crippen LogP contribution is -2.64. The van der Waals surface area contributed by atoms with Crippen molar-refractivity contribution in [3.05, 3.63) is 125 Å². The van der Waals surface area contributed by atoms with Gasteiger partial charge in [-0.05, 0) is 138 Å². The molecule has 0 radical (unpaired) electrons. The molecule has 1 heterocycles. The molecule has 16 atom stereocenters. The minimum atomic E-state index is -2.31. The molecule has 750 valence electrons. The standard InChI is InChI=1S/C93H134N20O23S/c1-48(2)38-63-80(123)101-61(35-36-94)79(122)104-66(40-54-21-14-12-15-22-54)85(128)110-74(49(3)4)88(131)111-75(53(8)114)89(132)109-70(87(130)99-51(6)77(96)120)46-137-47-72(117)100-68(44-71(95)116)83(126)105-64(42-56-29-33-60(115)34-30-56)82(125)107-69(45-73(118)119)84(127)106-67(43-57-23-18-20-50(5)39-57)86(129)112-76(93(9,10)136)90(133)108-65(41-55-27-31-59(32-28-55)58-24-16-13-17-25-58)81(124)102-62(26-19-37-98-92(97)135)91(134)113(11)52(7)78(121)103-63/h13,16-18,20,23-25,27-34,39,48-49,51-54,61-70,74-76,114-115,136H,12,14-15,19,21-22,26,35-38,40-47,94H2,1-11H3,(H2,95,116)(H2,96,120)(H,99,130)(H,100,117)(H,101,123)(H,102,124)(H,103,121)(H,104,122)(H,105,126)(H,106,127)(H,107,125)(H,108,133)(H,109,132)(H,110,128)(H,111,131)(H,112,129)(H,118,119)(H3,97,98,135)/t51-,52+,53-,61+,62+,63-,64+,65+,66+,67+,68+,69+,70+,74+,75+,76-/m1/s1. The minimum absolute atomic E-state index is 0.0192. The van der Waals surface area contributed by atoms with E-state index in [1.807, 2.05) is 30.3 Å². The number of aryl methyl sites for hydroxylation is 1. The second-order valence-electron chi connectivity index (χ2n) is 36.0. The van der Waals surface area contributed by atoms with Crippen LogP contribution in [0, 0.1) is 24.7 Å². The molecular weight excluding hydrogens is 1800 g/mol. The first-order valence-electron chi connectivity index (χ1n) is 45.5. The average molecular weight is 1930 g/mol. The fraction of sp³-hybridized carbons (Fsp3) is 0.538. The zero-order valence-corrected chi connectivity index (χ0v) is 79.7. The molecule has 4 aromatic rings. The second-order valence-corrected chi connectivity index (χ2v) is 37.0. The number of aliphatic hydroxyl groups excluding tert-OH is 1. The van der Waals surface area contributed by atoms with Gasteiger partial charge in [0, 0.05) is 38.6 Å². The molecule has 1 saturated heterocycles. The number of aromatic hydroxyl groups is 1. The summed E-state index contributed by atoms with van der Waals surface area (Å²) in [5, 5.41) is 81.6. The van der Waals surface area contributed by atoms with E-state index in [4.69, 9.17) is 22.9 Å². The molecule has 0 aromatic heterocycles. The Morgan fingerprint density at radius 1 is 0.526 bits per heavy atom. The predicted molar refractivity (Wildman–Crippen MR) is 504 cm³/mol. The van der Waals surface area contributed by atoms with Crippen LogP contribution in [0.2, 0.25) is 0 Å². The summed E-state index contributed by atoms with van der Waals surface area (Å²) in [5.41, 5.74) is 23.4. The van der Waals surface area contributed by atoms with Gasteiger partial charge >= 0.3 is 12.0 Å². The molecule has 1 aliphatic carbocycles. The van der Waals surface area contributed by atoms with Crippen LogP contribution in [0.1, 0.15) is 162 Å². The van der Waals surface area contributed by atoms with Crippen molar-refractivity contribution in [1.82, 2.24) is 84.7 Å². The van der Waals surface area contributed by atoms with E-state index in [-0.39, 0.29) is 74.8 Å². The number of aliphatic hydroxyl groups is 2. The number of primary amides is 3. The van der Waals surface area contributed by atoms with E-state index in [0.717, 1.165) is 56.1 Å². The first-order chi connectivity index (χ1) is 64.5. The van der Waals surface area contributed by atoms with Crippen molar-refractivity contribution in [3.63, 3.8) is 0 Å². The highest BCUT2D eigenvalue weighted by molar-refractivity contribution is 8.00. The summed E-state index contributed by atoms with van der Waals surface area (Å²) in [4.78, 5) is 273. The van der Waals surface area contributed by atoms with Gasteiger partial charge in [0.2, 0.25) is 100 Å². The van der Waals surface area contributed by atoms with Crippen LogP contribution in [0.4, 0.5) is 4.79 Å². The first kappa shape index (κ1) is 112. The quantitative estimate of drug-likeness (QED) is 0.0269. The summed E-state index contributed by atoms with van der Waals surface area (Å²) in [6.45, 7) is 13.7. The van der Waals surface area contributed by atoms with Crippen molar-refractivity contribution in [2.75, 3.05) is 31.6 Å². The number of hydrogen-bond donors (Lipinski definition) is 23. The largest absolute Gasteiger partial charge is 0.508 e. The van der Waals surface area contributed by atoms with Gasteiger partial charge in [0.1, 0.15) is 96.4 Å². The van der Waals surface area contributed by atoms with E-state index < -0.39 is 258 Å². The van der Waals surface area contributed by atoms with Crippen LogP contribution in [0.3, 0.4) is 0 Å². The Morgan fingerprint density at radius 3 is 1.55 bits per heavy atom. The predicted octanol–water partition coefficient (Wildman–Crippen LogP) is -2.75. The Morgan fingerprint density at radius 2 is 1.01 bits per heavy atom. The third kappa shape index (κ3) is 37.3. The fourth-order valence-corrected chi connectivity index (χ4v) is 16.2. The minimum Gasteiger partial charge on any atom is -0.508 e. The maximum Gasteiger partial charge on any atom is 0.312 e.